The minimum Gasteiger partial charge on any atom is -0.756 e. The summed E-state index contributed by atoms with van der Waals surface area (Å²) in [5, 5.41) is 0. The number of rotatable bonds is 20. The van der Waals surface area contributed by atoms with Gasteiger partial charge in [0, 0.05) is 12.8 Å². The maximum absolute atomic E-state index is 12.9. The molecule has 0 amide bonds. The molecule has 13 heteroatoms. The van der Waals surface area contributed by atoms with Gasteiger partial charge in [-0.2, -0.15) is 0 Å². The van der Waals surface area contributed by atoms with Gasteiger partial charge in [-0.3, -0.25) is 9.13 Å². The van der Waals surface area contributed by atoms with E-state index in [1.807, 2.05) is 13.8 Å². The number of unbranched alkanes of at least 4 members (excludes halogenated alkanes) is 4. The Hall–Kier alpha value is 0.1000. The van der Waals surface area contributed by atoms with Gasteiger partial charge in [-0.25, -0.2) is 0 Å². The third-order valence-electron chi connectivity index (χ3n) is 6.66. The average molecular weight is 601 g/mol. The van der Waals surface area contributed by atoms with Gasteiger partial charge >= 0.3 is 0 Å². The summed E-state index contributed by atoms with van der Waals surface area (Å²) in [6, 6.07) is 0. The molecule has 0 N–H and O–H groups in total. The minimum atomic E-state index is -4.78. The Kier molecular flexibility index (Phi) is 15.6. The Morgan fingerprint density at radius 1 is 0.744 bits per heavy atom. The van der Waals surface area contributed by atoms with Gasteiger partial charge in [0.05, 0.1) is 49.8 Å². The van der Waals surface area contributed by atoms with Crippen molar-refractivity contribution in [2.24, 2.45) is 0 Å². The normalized spacial score (nSPS) is 30.7. The highest BCUT2D eigenvalue weighted by atomic mass is 31.2. The van der Waals surface area contributed by atoms with E-state index in [-0.39, 0.29) is 37.4 Å². The Labute approximate surface area is 234 Å². The molecule has 0 aromatic rings. The third kappa shape index (κ3) is 13.7. The van der Waals surface area contributed by atoms with E-state index >= 15 is 0 Å². The first-order valence-electron chi connectivity index (χ1n) is 14.6. The monoisotopic (exact) mass is 600 g/mol. The lowest BCUT2D eigenvalue weighted by Gasteiger charge is -2.31. The molecule has 2 aliphatic heterocycles. The summed E-state index contributed by atoms with van der Waals surface area (Å²) in [5.41, 5.74) is 0. The molecule has 8 atom stereocenters. The van der Waals surface area contributed by atoms with Gasteiger partial charge in [-0.05, 0) is 40.5 Å². The predicted octanol–water partition coefficient (Wildman–Crippen LogP) is 5.04. The molecule has 0 bridgehead atoms. The molecule has 11 nitrogen and oxygen atoms in total. The standard InChI is InChI=1S/C26H52O11P2/c1-7-9-11-13-21-15-23(33-19(3)4)25(34-21)17-32-39(29,30)37-24-16-22(14-12-10-8-2)35-26(24)18-31-38(27,28)36-20(5)6/h19-26H,7-18H2,1-6H3,(H,27,28)(H,29,30)/p-2/t21-,22-,23+,24+,25+,26+/m0/s1. The first-order chi connectivity index (χ1) is 18.3. The van der Waals surface area contributed by atoms with E-state index in [9.17, 15) is 18.9 Å². The van der Waals surface area contributed by atoms with E-state index in [1.54, 1.807) is 13.8 Å². The summed E-state index contributed by atoms with van der Waals surface area (Å²) in [6.45, 7) is 10.6. The van der Waals surface area contributed by atoms with E-state index in [2.05, 4.69) is 13.8 Å². The van der Waals surface area contributed by atoms with Crippen molar-refractivity contribution in [3.63, 3.8) is 0 Å². The minimum absolute atomic E-state index is 0.00895. The molecule has 2 rings (SSSR count). The summed E-state index contributed by atoms with van der Waals surface area (Å²) in [4.78, 5) is 24.9. The Balaban J connectivity index is 1.98. The summed E-state index contributed by atoms with van der Waals surface area (Å²) in [6.07, 6.45) is 5.15. The molecule has 0 saturated carbocycles. The van der Waals surface area contributed by atoms with Crippen LogP contribution in [0.5, 0.6) is 0 Å². The van der Waals surface area contributed by atoms with E-state index in [0.29, 0.717) is 12.8 Å². The van der Waals surface area contributed by atoms with Crippen molar-refractivity contribution in [1.82, 2.24) is 0 Å². The predicted molar refractivity (Wildman–Crippen MR) is 143 cm³/mol. The second kappa shape index (κ2) is 17.3. The van der Waals surface area contributed by atoms with Crippen molar-refractivity contribution in [3.05, 3.63) is 0 Å². The molecule has 2 fully saturated rings. The van der Waals surface area contributed by atoms with Gasteiger partial charge in [0.1, 0.15) is 12.2 Å². The van der Waals surface area contributed by atoms with Crippen molar-refractivity contribution >= 4 is 15.6 Å². The number of hydrogen-bond donors (Lipinski definition) is 0. The summed E-state index contributed by atoms with van der Waals surface area (Å²) >= 11 is 0. The van der Waals surface area contributed by atoms with Gasteiger partial charge in [-0.15, -0.1) is 0 Å². The Morgan fingerprint density at radius 2 is 1.23 bits per heavy atom. The third-order valence-corrected chi connectivity index (χ3v) is 8.80. The Bertz CT molecular complexity index is 781. The first-order valence-corrected chi connectivity index (χ1v) is 17.5. The van der Waals surface area contributed by atoms with E-state index in [1.165, 1.54) is 0 Å². The van der Waals surface area contributed by atoms with Crippen LogP contribution in [0, 0.1) is 0 Å². The van der Waals surface area contributed by atoms with Crippen LogP contribution in [0.15, 0.2) is 0 Å². The zero-order valence-electron chi connectivity index (χ0n) is 24.5. The van der Waals surface area contributed by atoms with Crippen molar-refractivity contribution in [2.75, 3.05) is 13.2 Å². The fraction of sp³-hybridized carbons (Fsp3) is 1.00. The van der Waals surface area contributed by atoms with Gasteiger partial charge < -0.3 is 42.1 Å². The van der Waals surface area contributed by atoms with Gasteiger partial charge in [0.2, 0.25) is 0 Å². The van der Waals surface area contributed by atoms with E-state index in [0.717, 1.165) is 44.9 Å². The van der Waals surface area contributed by atoms with Gasteiger partial charge in [0.25, 0.3) is 15.6 Å². The lowest BCUT2D eigenvalue weighted by molar-refractivity contribution is -0.236. The van der Waals surface area contributed by atoms with Gasteiger partial charge in [0.15, 0.2) is 0 Å². The fourth-order valence-electron chi connectivity index (χ4n) is 4.93. The Morgan fingerprint density at radius 3 is 1.72 bits per heavy atom. The molecule has 2 heterocycles. The zero-order chi connectivity index (χ0) is 29.1. The molecule has 232 valence electrons. The molecule has 2 unspecified atom stereocenters. The molecule has 2 saturated heterocycles. The molecular weight excluding hydrogens is 550 g/mol. The van der Waals surface area contributed by atoms with Crippen LogP contribution in [0.1, 0.15) is 106 Å². The van der Waals surface area contributed by atoms with Crippen LogP contribution in [0.2, 0.25) is 0 Å². The van der Waals surface area contributed by atoms with Gasteiger partial charge in [-0.1, -0.05) is 52.4 Å². The largest absolute Gasteiger partial charge is 0.756 e. The second-order valence-corrected chi connectivity index (χ2v) is 13.8. The number of hydrogen-bond acceptors (Lipinski definition) is 11. The highest BCUT2D eigenvalue weighted by Gasteiger charge is 2.41. The van der Waals surface area contributed by atoms with Crippen molar-refractivity contribution in [3.8, 4) is 0 Å². The fourth-order valence-corrected chi connectivity index (χ4v) is 6.78. The maximum atomic E-state index is 12.9. The quantitative estimate of drug-likeness (QED) is 0.137. The van der Waals surface area contributed by atoms with Crippen molar-refractivity contribution < 1.29 is 51.2 Å². The van der Waals surface area contributed by atoms with E-state index in [4.69, 9.17) is 32.3 Å². The molecule has 0 spiro atoms. The summed E-state index contributed by atoms with van der Waals surface area (Å²) < 4.78 is 63.5. The number of phosphoric ester groups is 2. The van der Waals surface area contributed by atoms with Crippen molar-refractivity contribution in [2.45, 2.75) is 155 Å². The smallest absolute Gasteiger partial charge is 0.268 e. The molecular formula is C26H50O11P2-2. The average Bonchev–Trinajstić information content (AvgIpc) is 3.38. The number of phosphoric acid groups is 2. The van der Waals surface area contributed by atoms with E-state index < -0.39 is 46.7 Å². The highest BCUT2D eigenvalue weighted by Crippen LogP contribution is 2.46. The summed E-state index contributed by atoms with van der Waals surface area (Å²) in [7, 11) is -9.36. The van der Waals surface area contributed by atoms with Crippen LogP contribution >= 0.6 is 15.6 Å². The molecule has 0 aromatic carbocycles. The number of ether oxygens (including phenoxy) is 3. The van der Waals surface area contributed by atoms with Crippen LogP contribution in [0.25, 0.3) is 0 Å². The molecule has 0 radical (unpaired) electrons. The summed E-state index contributed by atoms with van der Waals surface area (Å²) in [5.74, 6) is 0. The zero-order valence-corrected chi connectivity index (χ0v) is 26.3. The van der Waals surface area contributed by atoms with Crippen LogP contribution in [0.3, 0.4) is 0 Å². The van der Waals surface area contributed by atoms with Crippen LogP contribution < -0.4 is 9.79 Å². The molecule has 0 aromatic heterocycles. The van der Waals surface area contributed by atoms with Crippen LogP contribution in [-0.4, -0.2) is 62.0 Å². The SMILES string of the molecule is CCCCC[C@H]1C[C@@H](OC(C)C)[C@@H](COP(=O)([O-])O[C@@H]2C[C@H](CCCCC)O[C@@H]2COP(=O)([O-])OC(C)C)O1. The first kappa shape index (κ1) is 35.3. The van der Waals surface area contributed by atoms with Crippen molar-refractivity contribution in [1.29, 1.82) is 0 Å². The maximum Gasteiger partial charge on any atom is 0.268 e. The van der Waals surface area contributed by atoms with Crippen LogP contribution in [0.4, 0.5) is 0 Å². The lowest BCUT2D eigenvalue weighted by Crippen LogP contribution is -2.33. The molecule has 2 aliphatic rings. The van der Waals surface area contributed by atoms with Crippen LogP contribution in [-0.2, 0) is 41.4 Å². The molecule has 0 aliphatic carbocycles. The second-order valence-electron chi connectivity index (χ2n) is 11.1. The topological polar surface area (TPSA) is 145 Å². The highest BCUT2D eigenvalue weighted by molar-refractivity contribution is 7.46. The lowest BCUT2D eigenvalue weighted by atomic mass is 10.1. The molecule has 39 heavy (non-hydrogen) atoms.